The lowest BCUT2D eigenvalue weighted by molar-refractivity contribution is -0.134. The van der Waals surface area contributed by atoms with Crippen LogP contribution in [0.3, 0.4) is 0 Å². The van der Waals surface area contributed by atoms with E-state index < -0.39 is 0 Å². The summed E-state index contributed by atoms with van der Waals surface area (Å²) in [4.78, 5) is 31.6. The summed E-state index contributed by atoms with van der Waals surface area (Å²) in [5.74, 6) is -0.0266. The Morgan fingerprint density at radius 1 is 1.09 bits per heavy atom. The van der Waals surface area contributed by atoms with E-state index >= 15 is 0 Å². The van der Waals surface area contributed by atoms with Crippen LogP contribution in [0.2, 0.25) is 10.0 Å². The van der Waals surface area contributed by atoms with E-state index in [1.165, 1.54) is 11.3 Å². The van der Waals surface area contributed by atoms with Gasteiger partial charge in [-0.05, 0) is 43.0 Å². The molecule has 32 heavy (non-hydrogen) atoms. The average Bonchev–Trinajstić information content (AvgIpc) is 3.26. The molecule has 1 aliphatic rings. The molecule has 4 rings (SSSR count). The number of halogens is 2. The number of carbonyl (C=O) groups is 2. The third-order valence-corrected chi connectivity index (χ3v) is 6.94. The van der Waals surface area contributed by atoms with Crippen LogP contribution in [-0.4, -0.2) is 34.8 Å². The second kappa shape index (κ2) is 10.5. The fraction of sp³-hybridized carbons (Fsp3) is 0.292. The smallest absolute Gasteiger partial charge is 0.229 e. The first-order valence-corrected chi connectivity index (χ1v) is 12.2. The van der Waals surface area contributed by atoms with Crippen LogP contribution in [0, 0.1) is 5.92 Å². The molecule has 0 spiro atoms. The molecule has 2 heterocycles. The number of benzene rings is 2. The zero-order chi connectivity index (χ0) is 22.5. The number of hydrogen-bond acceptors (Lipinski definition) is 4. The molecule has 1 saturated heterocycles. The summed E-state index contributed by atoms with van der Waals surface area (Å²) in [5, 5.41) is 6.40. The van der Waals surface area contributed by atoms with Crippen molar-refractivity contribution in [3.63, 3.8) is 0 Å². The molecule has 1 N–H and O–H groups in total. The van der Waals surface area contributed by atoms with Gasteiger partial charge in [0.15, 0.2) is 5.13 Å². The highest BCUT2D eigenvalue weighted by Crippen LogP contribution is 2.32. The number of rotatable bonds is 6. The third-order valence-electron chi connectivity index (χ3n) is 5.63. The largest absolute Gasteiger partial charge is 0.343 e. The van der Waals surface area contributed by atoms with Crippen molar-refractivity contribution >= 4 is 51.5 Å². The first-order chi connectivity index (χ1) is 15.5. The Labute approximate surface area is 201 Å². The molecule has 8 heteroatoms. The summed E-state index contributed by atoms with van der Waals surface area (Å²) in [7, 11) is 0. The van der Waals surface area contributed by atoms with Crippen molar-refractivity contribution in [3.8, 4) is 11.3 Å². The first-order valence-electron chi connectivity index (χ1n) is 10.5. The highest BCUT2D eigenvalue weighted by molar-refractivity contribution is 7.14. The van der Waals surface area contributed by atoms with Gasteiger partial charge in [0.25, 0.3) is 0 Å². The number of aryl methyl sites for hydroxylation is 1. The predicted octanol–water partition coefficient (Wildman–Crippen LogP) is 5.93. The van der Waals surface area contributed by atoms with Crippen LogP contribution in [-0.2, 0) is 16.0 Å². The molecule has 0 radical (unpaired) electrons. The van der Waals surface area contributed by atoms with Crippen LogP contribution < -0.4 is 5.32 Å². The van der Waals surface area contributed by atoms with Gasteiger partial charge >= 0.3 is 0 Å². The van der Waals surface area contributed by atoms with Crippen LogP contribution in [0.25, 0.3) is 11.3 Å². The van der Waals surface area contributed by atoms with E-state index in [2.05, 4.69) is 10.3 Å². The molecule has 5 nitrogen and oxygen atoms in total. The zero-order valence-corrected chi connectivity index (χ0v) is 19.7. The molecule has 0 unspecified atom stereocenters. The summed E-state index contributed by atoms with van der Waals surface area (Å²) in [6, 6.07) is 15.3. The topological polar surface area (TPSA) is 62.3 Å². The predicted molar refractivity (Wildman–Crippen MR) is 130 cm³/mol. The molecule has 0 saturated carbocycles. The summed E-state index contributed by atoms with van der Waals surface area (Å²) < 4.78 is 0. The van der Waals surface area contributed by atoms with Gasteiger partial charge in [0, 0.05) is 41.4 Å². The minimum atomic E-state index is -0.125. The van der Waals surface area contributed by atoms with Crippen molar-refractivity contribution in [2.45, 2.75) is 25.7 Å². The first kappa shape index (κ1) is 22.8. The number of anilines is 1. The standard InChI is InChI=1S/C24H23Cl2N3O2S/c25-18-7-8-19(20(26)14-18)21-15-32-24(27-21)28-23(31)17-10-12-29(13-11-17)22(30)9-6-16-4-2-1-3-5-16/h1-5,7-8,14-15,17H,6,9-13H2,(H,27,28,31). The number of likely N-dealkylation sites (tertiary alicyclic amines) is 1. The number of piperidine rings is 1. The summed E-state index contributed by atoms with van der Waals surface area (Å²) >= 11 is 13.6. The van der Waals surface area contributed by atoms with E-state index in [1.54, 1.807) is 12.1 Å². The Kier molecular flexibility index (Phi) is 7.45. The van der Waals surface area contributed by atoms with Crippen LogP contribution >= 0.6 is 34.5 Å². The Morgan fingerprint density at radius 3 is 2.56 bits per heavy atom. The van der Waals surface area contributed by atoms with Gasteiger partial charge in [0.1, 0.15) is 0 Å². The van der Waals surface area contributed by atoms with Gasteiger partial charge in [0.2, 0.25) is 11.8 Å². The highest BCUT2D eigenvalue weighted by Gasteiger charge is 2.27. The minimum absolute atomic E-state index is 0.0514. The average molecular weight is 488 g/mol. The Hall–Kier alpha value is -2.41. The monoisotopic (exact) mass is 487 g/mol. The van der Waals surface area contributed by atoms with Gasteiger partial charge in [-0.25, -0.2) is 4.98 Å². The van der Waals surface area contributed by atoms with Gasteiger partial charge in [-0.3, -0.25) is 9.59 Å². The number of nitrogens with one attached hydrogen (secondary N) is 1. The van der Waals surface area contributed by atoms with Crippen molar-refractivity contribution in [3.05, 3.63) is 69.5 Å². The van der Waals surface area contributed by atoms with Crippen molar-refractivity contribution in [2.75, 3.05) is 18.4 Å². The van der Waals surface area contributed by atoms with Gasteiger partial charge in [0.05, 0.1) is 10.7 Å². The molecule has 0 bridgehead atoms. The fourth-order valence-corrected chi connectivity index (χ4v) is 5.02. The molecule has 166 valence electrons. The van der Waals surface area contributed by atoms with E-state index in [1.807, 2.05) is 46.7 Å². The van der Waals surface area contributed by atoms with Crippen LogP contribution in [0.4, 0.5) is 5.13 Å². The lowest BCUT2D eigenvalue weighted by Gasteiger charge is -2.31. The summed E-state index contributed by atoms with van der Waals surface area (Å²) in [6.45, 7) is 1.21. The van der Waals surface area contributed by atoms with E-state index in [-0.39, 0.29) is 17.7 Å². The van der Waals surface area contributed by atoms with E-state index in [0.29, 0.717) is 53.2 Å². The van der Waals surface area contributed by atoms with Crippen LogP contribution in [0.5, 0.6) is 0 Å². The van der Waals surface area contributed by atoms with E-state index in [9.17, 15) is 9.59 Å². The number of carbonyl (C=O) groups excluding carboxylic acids is 2. The highest BCUT2D eigenvalue weighted by atomic mass is 35.5. The number of hydrogen-bond donors (Lipinski definition) is 1. The maximum Gasteiger partial charge on any atom is 0.229 e. The summed E-state index contributed by atoms with van der Waals surface area (Å²) in [5.41, 5.74) is 2.64. The molecular weight excluding hydrogens is 465 g/mol. The SMILES string of the molecule is O=C(Nc1nc(-c2ccc(Cl)cc2Cl)cs1)C1CCN(C(=O)CCc2ccccc2)CC1. The van der Waals surface area contributed by atoms with E-state index in [0.717, 1.165) is 17.5 Å². The second-order valence-corrected chi connectivity index (χ2v) is 9.49. The number of nitrogens with zero attached hydrogens (tertiary/aromatic N) is 2. The van der Waals surface area contributed by atoms with Crippen molar-refractivity contribution in [1.82, 2.24) is 9.88 Å². The zero-order valence-electron chi connectivity index (χ0n) is 17.4. The Bertz CT molecular complexity index is 1100. The molecule has 2 amide bonds. The quantitative estimate of drug-likeness (QED) is 0.468. The Morgan fingerprint density at radius 2 is 1.84 bits per heavy atom. The van der Waals surface area contributed by atoms with Crippen molar-refractivity contribution in [2.24, 2.45) is 5.92 Å². The van der Waals surface area contributed by atoms with Crippen molar-refractivity contribution < 1.29 is 9.59 Å². The maximum absolute atomic E-state index is 12.7. The van der Waals surface area contributed by atoms with Gasteiger partial charge in [-0.15, -0.1) is 11.3 Å². The molecule has 1 aliphatic heterocycles. The number of aromatic nitrogens is 1. The normalized spacial score (nSPS) is 14.4. The molecular formula is C24H23Cl2N3O2S. The van der Waals surface area contributed by atoms with Gasteiger partial charge in [-0.1, -0.05) is 53.5 Å². The lowest BCUT2D eigenvalue weighted by Crippen LogP contribution is -2.41. The van der Waals surface area contributed by atoms with Crippen LogP contribution in [0.1, 0.15) is 24.8 Å². The second-order valence-electron chi connectivity index (χ2n) is 7.79. The molecule has 3 aromatic rings. The molecule has 0 aliphatic carbocycles. The molecule has 2 aromatic carbocycles. The van der Waals surface area contributed by atoms with Gasteiger partial charge in [-0.2, -0.15) is 0 Å². The molecule has 1 fully saturated rings. The van der Waals surface area contributed by atoms with Crippen molar-refractivity contribution in [1.29, 1.82) is 0 Å². The fourth-order valence-electron chi connectivity index (χ4n) is 3.80. The molecule has 0 atom stereocenters. The van der Waals surface area contributed by atoms with E-state index in [4.69, 9.17) is 23.2 Å². The van der Waals surface area contributed by atoms with Crippen LogP contribution in [0.15, 0.2) is 53.9 Å². The number of thiazole rings is 1. The lowest BCUT2D eigenvalue weighted by atomic mass is 9.95. The third kappa shape index (κ3) is 5.68. The number of amides is 2. The molecule has 1 aromatic heterocycles. The van der Waals surface area contributed by atoms with Gasteiger partial charge < -0.3 is 10.2 Å². The summed E-state index contributed by atoms with van der Waals surface area (Å²) in [6.07, 6.45) is 2.55. The Balaban J connectivity index is 1.27. The maximum atomic E-state index is 12.7. The minimum Gasteiger partial charge on any atom is -0.343 e.